The molecule has 90 heavy (non-hydrogen) atoms. The topological polar surface area (TPSA) is 621 Å². The number of hydrogen-bond donors (Lipinski definition) is 21. The van der Waals surface area contributed by atoms with Crippen LogP contribution in [0.15, 0.2) is 4.99 Å². The van der Waals surface area contributed by atoms with E-state index in [1.165, 1.54) is 4.90 Å². The van der Waals surface area contributed by atoms with Gasteiger partial charge in [0.25, 0.3) is 0 Å². The lowest BCUT2D eigenvalue weighted by molar-refractivity contribution is -0.146. The van der Waals surface area contributed by atoms with E-state index in [0.717, 1.165) is 16.7 Å². The second-order valence-corrected chi connectivity index (χ2v) is 20.5. The third-order valence-electron chi connectivity index (χ3n) is 12.3. The molecule has 0 heterocycles. The van der Waals surface area contributed by atoms with Crippen LogP contribution in [0, 0.1) is 0 Å². The van der Waals surface area contributed by atoms with Crippen LogP contribution in [0.25, 0.3) is 0 Å². The molecule has 0 unspecified atom stereocenters. The van der Waals surface area contributed by atoms with Crippen molar-refractivity contribution in [1.29, 1.82) is 0 Å². The fourth-order valence-electron chi connectivity index (χ4n) is 7.98. The van der Waals surface area contributed by atoms with Crippen LogP contribution in [-0.2, 0) is 71.9 Å². The van der Waals surface area contributed by atoms with Gasteiger partial charge in [-0.25, -0.2) is 4.79 Å². The highest BCUT2D eigenvalue weighted by Crippen LogP contribution is 2.12. The van der Waals surface area contributed by atoms with Gasteiger partial charge < -0.3 is 102 Å². The standard InChI is InChI=1S/C49H84N18O21S2/c1-27(68)60-32(26-90)46(85)63-30(17-34(50)69)43(82)59-20-37(72)62-29(8-6-12-54-48(52)53)45(84)64-31(25-89)44(83)58-18-35(70)57-19-36(71)61-28(42(51)81)7-2-4-10-55-49(88)56-11-5-3-9-33(47(86)87)67(15-13-65(21-38(73)74)22-39(75)76)16-14-66(23-40(77)78)24-41(79)80/h28-33,89-90H,2-26H2,1H3,(H2,50,69)(H2,51,81)(H,57,70)(H,58,83)(H,59,82)(H,60,68)(H,61,71)(H,62,72)(H,63,85)(H,64,84)(H,73,74)(H,75,76)(H,77,78)(H,79,80)(H,86,87)(H4,52,53,54)(H2,55,56,88)/t28-,29-,30-,31-,32-,33-/m0/s1. The molecule has 6 atom stereocenters. The van der Waals surface area contributed by atoms with Gasteiger partial charge in [-0.2, -0.15) is 25.3 Å². The molecule has 0 fully saturated rings. The molecule has 0 rings (SSSR count). The van der Waals surface area contributed by atoms with Crippen LogP contribution in [0.2, 0.25) is 0 Å². The third-order valence-corrected chi connectivity index (χ3v) is 13.0. The maximum Gasteiger partial charge on any atom is 0.320 e. The number of carbonyl (C=O) groups is 16. The van der Waals surface area contributed by atoms with Crippen molar-refractivity contribution in [3.8, 4) is 0 Å². The summed E-state index contributed by atoms with van der Waals surface area (Å²) in [5.41, 5.74) is 21.4. The van der Waals surface area contributed by atoms with E-state index in [2.05, 4.69) is 83.4 Å². The zero-order chi connectivity index (χ0) is 68.5. The van der Waals surface area contributed by atoms with Gasteiger partial charge in [0, 0.05) is 64.2 Å². The number of carbonyl (C=O) groups excluding carboxylic acids is 11. The molecule has 39 nitrogen and oxygen atoms in total. The second-order valence-electron chi connectivity index (χ2n) is 19.8. The first kappa shape index (κ1) is 81.2. The summed E-state index contributed by atoms with van der Waals surface area (Å²) >= 11 is 8.09. The number of thiol groups is 2. The van der Waals surface area contributed by atoms with Crippen molar-refractivity contribution in [1.82, 2.24) is 67.9 Å². The highest BCUT2D eigenvalue weighted by atomic mass is 32.1. The van der Waals surface area contributed by atoms with Crippen LogP contribution < -0.4 is 76.1 Å². The molecule has 12 amide bonds. The van der Waals surface area contributed by atoms with Gasteiger partial charge in [-0.15, -0.1) is 0 Å². The molecule has 0 spiro atoms. The number of carboxylic acid groups (broad SMARTS) is 5. The van der Waals surface area contributed by atoms with Crippen molar-refractivity contribution >= 4 is 126 Å². The average molecular weight is 1330 g/mol. The van der Waals surface area contributed by atoms with Crippen LogP contribution >= 0.6 is 25.3 Å². The van der Waals surface area contributed by atoms with E-state index in [1.807, 2.05) is 0 Å². The van der Waals surface area contributed by atoms with Crippen LogP contribution in [0.4, 0.5) is 4.79 Å². The van der Waals surface area contributed by atoms with Gasteiger partial charge >= 0.3 is 35.9 Å². The lowest BCUT2D eigenvalue weighted by Crippen LogP contribution is -2.57. The van der Waals surface area contributed by atoms with Crippen LogP contribution in [0.1, 0.15) is 64.7 Å². The second kappa shape index (κ2) is 45.4. The Hall–Kier alpha value is -8.83. The minimum absolute atomic E-state index is 0.000495. The Kier molecular flexibility index (Phi) is 41.0. The maximum absolute atomic E-state index is 13.5. The van der Waals surface area contributed by atoms with E-state index in [9.17, 15) is 102 Å². The van der Waals surface area contributed by atoms with Crippen LogP contribution in [0.5, 0.6) is 0 Å². The minimum Gasteiger partial charge on any atom is -0.480 e. The summed E-state index contributed by atoms with van der Waals surface area (Å²) in [7, 11) is 0. The van der Waals surface area contributed by atoms with E-state index in [1.54, 1.807) is 0 Å². The molecular formula is C49H84N18O21S2. The largest absolute Gasteiger partial charge is 0.480 e. The highest BCUT2D eigenvalue weighted by Gasteiger charge is 2.31. The Morgan fingerprint density at radius 2 is 0.878 bits per heavy atom. The molecule has 0 aromatic carbocycles. The molecule has 508 valence electrons. The Morgan fingerprint density at radius 1 is 0.456 bits per heavy atom. The van der Waals surface area contributed by atoms with Crippen LogP contribution in [0.3, 0.4) is 0 Å². The van der Waals surface area contributed by atoms with E-state index >= 15 is 0 Å². The first-order valence-corrected chi connectivity index (χ1v) is 29.0. The number of aliphatic imine (C=N–C) groups is 1. The van der Waals surface area contributed by atoms with Gasteiger partial charge in [-0.05, 0) is 51.4 Å². The van der Waals surface area contributed by atoms with Gasteiger partial charge in [0.15, 0.2) is 5.96 Å². The van der Waals surface area contributed by atoms with E-state index < -0.39 is 183 Å². The fraction of sp³-hybridized carbons (Fsp3) is 0.653. The van der Waals surface area contributed by atoms with Crippen molar-refractivity contribution in [2.75, 3.05) is 103 Å². The summed E-state index contributed by atoms with van der Waals surface area (Å²) < 4.78 is 0. The van der Waals surface area contributed by atoms with Gasteiger partial charge in [0.05, 0.1) is 52.2 Å². The van der Waals surface area contributed by atoms with Crippen molar-refractivity contribution in [2.45, 2.75) is 101 Å². The number of aliphatic carboxylic acids is 5. The summed E-state index contributed by atoms with van der Waals surface area (Å²) in [6.45, 7) is -4.47. The first-order valence-electron chi connectivity index (χ1n) is 27.7. The zero-order valence-corrected chi connectivity index (χ0v) is 51.2. The lowest BCUT2D eigenvalue weighted by Gasteiger charge is -2.32. The number of carboxylic acids is 5. The van der Waals surface area contributed by atoms with Crippen molar-refractivity contribution in [3.05, 3.63) is 0 Å². The van der Waals surface area contributed by atoms with Crippen molar-refractivity contribution < 1.29 is 102 Å². The number of amides is 12. The number of primary amides is 2. The summed E-state index contributed by atoms with van der Waals surface area (Å²) in [5.74, 6) is -16.5. The number of rotatable bonds is 50. The average Bonchev–Trinajstić information content (AvgIpc) is 1.56. The Labute approximate surface area is 526 Å². The molecular weight excluding hydrogens is 1240 g/mol. The molecule has 0 bridgehead atoms. The number of unbranched alkanes of at least 4 members (excludes halogenated alkanes) is 2. The molecule has 0 saturated heterocycles. The van der Waals surface area contributed by atoms with Gasteiger partial charge in [-0.3, -0.25) is 91.6 Å². The third kappa shape index (κ3) is 39.1. The Bertz CT molecular complexity index is 2440. The molecule has 0 aliphatic heterocycles. The Balaban J connectivity index is 5.28. The number of nitrogens with zero attached hydrogens (tertiary/aromatic N) is 4. The minimum atomic E-state index is -1.59. The summed E-state index contributed by atoms with van der Waals surface area (Å²) in [6, 6.07) is -8.67. The first-order chi connectivity index (χ1) is 42.3. The van der Waals surface area contributed by atoms with Crippen molar-refractivity contribution in [3.63, 3.8) is 0 Å². The molecule has 41 heteroatoms. The zero-order valence-electron chi connectivity index (χ0n) is 49.4. The summed E-state index contributed by atoms with van der Waals surface area (Å²) in [5, 5.41) is 70.7. The number of nitrogens with two attached hydrogens (primary N) is 4. The van der Waals surface area contributed by atoms with Gasteiger partial charge in [0.2, 0.25) is 59.1 Å². The lowest BCUT2D eigenvalue weighted by atomic mass is 10.1. The SMILES string of the molecule is CC(=O)N[C@@H](CS)C(=O)N[C@@H](CC(N)=O)C(=O)NCC(=O)N[C@@H](CCCN=C(N)N)C(=O)N[C@@H](CS)C(=O)NCC(=O)NCC(=O)N[C@@H](CCCCNC(=O)NCCCC[C@@H](C(=O)O)N(CCN(CC(=O)O)CC(=O)O)CCN(CC(=O)O)CC(=O)O)C(N)=O. The fourth-order valence-corrected chi connectivity index (χ4v) is 8.50. The quantitative estimate of drug-likeness (QED) is 0.0116. The number of guanidine groups is 1. The molecule has 0 aliphatic rings. The predicted octanol–water partition coefficient (Wildman–Crippen LogP) is -9.61. The van der Waals surface area contributed by atoms with E-state index in [0.29, 0.717) is 6.42 Å². The van der Waals surface area contributed by atoms with E-state index in [-0.39, 0.29) is 108 Å². The monoisotopic (exact) mass is 1320 g/mol. The normalized spacial score (nSPS) is 12.9. The number of nitrogens with one attached hydrogen (secondary N) is 10. The molecule has 0 radical (unpaired) electrons. The smallest absolute Gasteiger partial charge is 0.320 e. The van der Waals surface area contributed by atoms with E-state index in [4.69, 9.17) is 22.9 Å². The Morgan fingerprint density at radius 3 is 1.32 bits per heavy atom. The molecule has 0 aliphatic carbocycles. The summed E-state index contributed by atoms with van der Waals surface area (Å²) in [4.78, 5) is 203. The maximum atomic E-state index is 13.5. The molecule has 0 aromatic heterocycles. The van der Waals surface area contributed by atoms with Crippen LogP contribution in [-0.4, -0.2) is 281 Å². The molecule has 0 aromatic rings. The van der Waals surface area contributed by atoms with Gasteiger partial charge in [-0.1, -0.05) is 0 Å². The van der Waals surface area contributed by atoms with Gasteiger partial charge in [0.1, 0.15) is 36.3 Å². The highest BCUT2D eigenvalue weighted by molar-refractivity contribution is 7.80. The molecule has 0 saturated carbocycles. The summed E-state index contributed by atoms with van der Waals surface area (Å²) in [6.07, 6.45) is 0.266. The van der Waals surface area contributed by atoms with Crippen molar-refractivity contribution in [2.24, 2.45) is 27.9 Å². The molecule has 23 N–H and O–H groups in total. The predicted molar refractivity (Wildman–Crippen MR) is 321 cm³/mol. The number of hydrogen-bond acceptors (Lipinski definition) is 22. The number of urea groups is 1.